The maximum atomic E-state index is 8.81. The lowest BCUT2D eigenvalue weighted by atomic mass is 9.91. The van der Waals surface area contributed by atoms with Gasteiger partial charge in [-0.05, 0) is 37.3 Å². The number of nitriles is 1. The van der Waals surface area contributed by atoms with Crippen molar-refractivity contribution in [2.45, 2.75) is 25.7 Å². The van der Waals surface area contributed by atoms with Crippen molar-refractivity contribution in [3.05, 3.63) is 35.2 Å². The first-order valence-electron chi connectivity index (χ1n) is 4.61. The lowest BCUT2D eigenvalue weighted by Gasteiger charge is -2.24. The highest BCUT2D eigenvalue weighted by Gasteiger charge is 2.17. The van der Waals surface area contributed by atoms with Gasteiger partial charge in [0.25, 0.3) is 0 Å². The SMILES string of the molecule is C=C1NC2=C(C=C1C#N)CCCC2. The number of nitrogens with zero attached hydrogens (tertiary/aromatic N) is 1. The van der Waals surface area contributed by atoms with Crippen molar-refractivity contribution in [3.8, 4) is 6.07 Å². The van der Waals surface area contributed by atoms with Crippen LogP contribution in [0.25, 0.3) is 0 Å². The van der Waals surface area contributed by atoms with E-state index >= 15 is 0 Å². The van der Waals surface area contributed by atoms with E-state index in [0.29, 0.717) is 5.57 Å². The Bertz CT molecular complexity index is 353. The molecule has 0 unspecified atom stereocenters. The summed E-state index contributed by atoms with van der Waals surface area (Å²) in [5.41, 5.74) is 4.01. The standard InChI is InChI=1S/C11H12N2/c1-8-10(7-12)6-9-4-2-3-5-11(9)13-8/h6,13H,1-5H2. The van der Waals surface area contributed by atoms with Crippen LogP contribution in [0, 0.1) is 11.3 Å². The molecule has 0 aromatic heterocycles. The Balaban J connectivity index is 2.36. The van der Waals surface area contributed by atoms with Crippen LogP contribution in [0.3, 0.4) is 0 Å². The molecule has 2 nitrogen and oxygen atoms in total. The molecule has 0 spiro atoms. The van der Waals surface area contributed by atoms with Crippen molar-refractivity contribution in [1.29, 1.82) is 5.26 Å². The van der Waals surface area contributed by atoms with Gasteiger partial charge < -0.3 is 5.32 Å². The van der Waals surface area contributed by atoms with Gasteiger partial charge in [-0.3, -0.25) is 0 Å². The van der Waals surface area contributed by atoms with Crippen molar-refractivity contribution >= 4 is 0 Å². The Morgan fingerprint density at radius 3 is 2.92 bits per heavy atom. The van der Waals surface area contributed by atoms with Crippen LogP contribution in [0.1, 0.15) is 25.7 Å². The van der Waals surface area contributed by atoms with Gasteiger partial charge in [-0.25, -0.2) is 0 Å². The Morgan fingerprint density at radius 2 is 2.15 bits per heavy atom. The minimum Gasteiger partial charge on any atom is -0.358 e. The van der Waals surface area contributed by atoms with E-state index in [1.54, 1.807) is 0 Å². The normalized spacial score (nSPS) is 21.5. The molecule has 1 aliphatic carbocycles. The molecule has 0 saturated carbocycles. The average Bonchev–Trinajstić information content (AvgIpc) is 2.17. The molecule has 0 atom stereocenters. The summed E-state index contributed by atoms with van der Waals surface area (Å²) in [6.45, 7) is 3.82. The van der Waals surface area contributed by atoms with Crippen LogP contribution in [0.15, 0.2) is 35.2 Å². The molecule has 0 aromatic carbocycles. The minimum absolute atomic E-state index is 0.681. The summed E-state index contributed by atoms with van der Waals surface area (Å²) in [5, 5.41) is 12.0. The molecule has 0 aromatic rings. The molecular formula is C11H12N2. The summed E-state index contributed by atoms with van der Waals surface area (Å²) in [4.78, 5) is 0. The maximum absolute atomic E-state index is 8.81. The van der Waals surface area contributed by atoms with Crippen LogP contribution < -0.4 is 5.32 Å². The van der Waals surface area contributed by atoms with Gasteiger partial charge in [-0.1, -0.05) is 6.58 Å². The third-order valence-corrected chi connectivity index (χ3v) is 2.58. The van der Waals surface area contributed by atoms with Gasteiger partial charge in [0.05, 0.1) is 5.57 Å². The second kappa shape index (κ2) is 3.10. The predicted octanol–water partition coefficient (Wildman–Crippen LogP) is 2.38. The van der Waals surface area contributed by atoms with Crippen LogP contribution in [-0.2, 0) is 0 Å². The van der Waals surface area contributed by atoms with Crippen molar-refractivity contribution in [2.75, 3.05) is 0 Å². The smallest absolute Gasteiger partial charge is 0.101 e. The zero-order chi connectivity index (χ0) is 9.26. The van der Waals surface area contributed by atoms with E-state index < -0.39 is 0 Å². The molecule has 1 aliphatic heterocycles. The number of rotatable bonds is 0. The Kier molecular flexibility index (Phi) is 1.94. The van der Waals surface area contributed by atoms with Crippen molar-refractivity contribution in [1.82, 2.24) is 5.32 Å². The van der Waals surface area contributed by atoms with E-state index in [9.17, 15) is 0 Å². The topological polar surface area (TPSA) is 35.8 Å². The largest absolute Gasteiger partial charge is 0.358 e. The minimum atomic E-state index is 0.681. The van der Waals surface area contributed by atoms with Crippen LogP contribution >= 0.6 is 0 Å². The molecule has 0 saturated heterocycles. The second-order valence-corrected chi connectivity index (χ2v) is 3.48. The molecule has 0 radical (unpaired) electrons. The third-order valence-electron chi connectivity index (χ3n) is 2.58. The molecule has 1 heterocycles. The van der Waals surface area contributed by atoms with Gasteiger partial charge >= 0.3 is 0 Å². The van der Waals surface area contributed by atoms with Gasteiger partial charge in [0.15, 0.2) is 0 Å². The van der Waals surface area contributed by atoms with Crippen LogP contribution in [0.2, 0.25) is 0 Å². The molecule has 0 fully saturated rings. The number of dihydropyridines is 1. The molecule has 2 heteroatoms. The van der Waals surface area contributed by atoms with E-state index in [-0.39, 0.29) is 0 Å². The first kappa shape index (κ1) is 8.12. The number of hydrogen-bond acceptors (Lipinski definition) is 2. The van der Waals surface area contributed by atoms with Gasteiger partial charge in [-0.2, -0.15) is 5.26 Å². The van der Waals surface area contributed by atoms with E-state index in [2.05, 4.69) is 18.0 Å². The van der Waals surface area contributed by atoms with E-state index in [4.69, 9.17) is 5.26 Å². The van der Waals surface area contributed by atoms with Crippen LogP contribution in [-0.4, -0.2) is 0 Å². The summed E-state index contributed by atoms with van der Waals surface area (Å²) in [6, 6.07) is 2.15. The van der Waals surface area contributed by atoms with Gasteiger partial charge in [0.2, 0.25) is 0 Å². The van der Waals surface area contributed by atoms with Gasteiger partial charge in [0.1, 0.15) is 6.07 Å². The molecule has 2 rings (SSSR count). The van der Waals surface area contributed by atoms with Crippen molar-refractivity contribution in [3.63, 3.8) is 0 Å². The Hall–Kier alpha value is -1.49. The lowest BCUT2D eigenvalue weighted by Crippen LogP contribution is -2.21. The summed E-state index contributed by atoms with van der Waals surface area (Å²) in [6.07, 6.45) is 6.66. The van der Waals surface area contributed by atoms with E-state index in [0.717, 1.165) is 18.5 Å². The maximum Gasteiger partial charge on any atom is 0.101 e. The molecule has 0 amide bonds. The summed E-state index contributed by atoms with van der Waals surface area (Å²) >= 11 is 0. The molecule has 1 N–H and O–H groups in total. The van der Waals surface area contributed by atoms with Gasteiger partial charge in [-0.15, -0.1) is 0 Å². The Morgan fingerprint density at radius 1 is 1.38 bits per heavy atom. The Labute approximate surface area is 78.3 Å². The summed E-state index contributed by atoms with van der Waals surface area (Å²) in [5.74, 6) is 0. The fraction of sp³-hybridized carbons (Fsp3) is 0.364. The van der Waals surface area contributed by atoms with E-state index in [1.807, 2.05) is 6.08 Å². The average molecular weight is 172 g/mol. The molecule has 0 bridgehead atoms. The summed E-state index contributed by atoms with van der Waals surface area (Å²) < 4.78 is 0. The monoisotopic (exact) mass is 172 g/mol. The highest BCUT2D eigenvalue weighted by molar-refractivity contribution is 5.50. The van der Waals surface area contributed by atoms with Gasteiger partial charge in [0, 0.05) is 11.4 Å². The predicted molar refractivity (Wildman–Crippen MR) is 51.5 cm³/mol. The highest BCUT2D eigenvalue weighted by atomic mass is 14.9. The number of hydrogen-bond donors (Lipinski definition) is 1. The van der Waals surface area contributed by atoms with Crippen LogP contribution in [0.5, 0.6) is 0 Å². The molecule has 2 aliphatic rings. The third kappa shape index (κ3) is 1.38. The van der Waals surface area contributed by atoms with Crippen LogP contribution in [0.4, 0.5) is 0 Å². The number of nitrogens with one attached hydrogen (secondary N) is 1. The molecule has 66 valence electrons. The van der Waals surface area contributed by atoms with Crippen molar-refractivity contribution in [2.24, 2.45) is 0 Å². The fourth-order valence-corrected chi connectivity index (χ4v) is 1.84. The highest BCUT2D eigenvalue weighted by Crippen LogP contribution is 2.29. The molecule has 13 heavy (non-hydrogen) atoms. The summed E-state index contributed by atoms with van der Waals surface area (Å²) in [7, 11) is 0. The second-order valence-electron chi connectivity index (χ2n) is 3.48. The zero-order valence-electron chi connectivity index (χ0n) is 7.56. The van der Waals surface area contributed by atoms with E-state index in [1.165, 1.54) is 24.1 Å². The first-order chi connectivity index (χ1) is 6.31. The first-order valence-corrected chi connectivity index (χ1v) is 4.61. The fourth-order valence-electron chi connectivity index (χ4n) is 1.84. The lowest BCUT2D eigenvalue weighted by molar-refractivity contribution is 0.645. The quantitative estimate of drug-likeness (QED) is 0.609. The number of allylic oxidation sites excluding steroid dienone is 4. The van der Waals surface area contributed by atoms with Crippen molar-refractivity contribution < 1.29 is 0 Å². The molecular weight excluding hydrogens is 160 g/mol. The zero-order valence-corrected chi connectivity index (χ0v) is 7.56.